The minimum Gasteiger partial charge on any atom is -0.324 e. The lowest BCUT2D eigenvalue weighted by Gasteiger charge is -2.10. The van der Waals surface area contributed by atoms with Crippen LogP contribution in [-0.4, -0.2) is 9.55 Å². The topological polar surface area (TPSA) is 72.9 Å². The molecular weight excluding hydrogens is 273 g/mol. The van der Waals surface area contributed by atoms with Crippen LogP contribution in [0.5, 0.6) is 0 Å². The van der Waals surface area contributed by atoms with Gasteiger partial charge in [-0.2, -0.15) is 13.2 Å². The summed E-state index contributed by atoms with van der Waals surface area (Å²) in [7, 11) is 0. The van der Waals surface area contributed by atoms with Crippen LogP contribution in [0.15, 0.2) is 41.5 Å². The Morgan fingerprint density at radius 2 is 2.05 bits per heavy atom. The van der Waals surface area contributed by atoms with Crippen molar-refractivity contribution < 1.29 is 13.2 Å². The van der Waals surface area contributed by atoms with Crippen molar-refractivity contribution in [3.63, 3.8) is 0 Å². The number of hydrogen-bond donors (Lipinski definition) is 2. The van der Waals surface area contributed by atoms with E-state index >= 15 is 0 Å². The van der Waals surface area contributed by atoms with E-state index in [4.69, 9.17) is 5.84 Å². The SMILES string of the molecule is NNc1ccnc(Cn2cc(C(F)(F)F)ccc2=O)c1. The highest BCUT2D eigenvalue weighted by Gasteiger charge is 2.31. The second-order valence-corrected chi connectivity index (χ2v) is 4.06. The lowest BCUT2D eigenvalue weighted by atomic mass is 10.2. The van der Waals surface area contributed by atoms with E-state index in [1.54, 1.807) is 12.1 Å². The molecule has 0 aliphatic heterocycles. The Hall–Kier alpha value is -2.35. The lowest BCUT2D eigenvalue weighted by Crippen LogP contribution is -2.22. The van der Waals surface area contributed by atoms with E-state index in [0.29, 0.717) is 11.4 Å². The molecule has 0 atom stereocenters. The van der Waals surface area contributed by atoms with Crippen LogP contribution in [0.3, 0.4) is 0 Å². The molecule has 0 fully saturated rings. The minimum absolute atomic E-state index is 0.0712. The maximum Gasteiger partial charge on any atom is 0.417 e. The van der Waals surface area contributed by atoms with E-state index in [0.717, 1.165) is 22.9 Å². The smallest absolute Gasteiger partial charge is 0.324 e. The van der Waals surface area contributed by atoms with Gasteiger partial charge in [0.05, 0.1) is 23.5 Å². The van der Waals surface area contributed by atoms with Crippen LogP contribution in [0.2, 0.25) is 0 Å². The van der Waals surface area contributed by atoms with Crippen LogP contribution in [0.4, 0.5) is 18.9 Å². The minimum atomic E-state index is -4.50. The van der Waals surface area contributed by atoms with Crippen LogP contribution < -0.4 is 16.8 Å². The van der Waals surface area contributed by atoms with Gasteiger partial charge in [-0.15, -0.1) is 0 Å². The van der Waals surface area contributed by atoms with E-state index in [1.807, 2.05) is 0 Å². The van der Waals surface area contributed by atoms with Crippen molar-refractivity contribution in [3.05, 3.63) is 58.3 Å². The van der Waals surface area contributed by atoms with Crippen LogP contribution in [0.25, 0.3) is 0 Å². The van der Waals surface area contributed by atoms with Gasteiger partial charge in [0, 0.05) is 18.5 Å². The molecule has 2 rings (SSSR count). The zero-order chi connectivity index (χ0) is 14.8. The molecule has 5 nitrogen and oxygen atoms in total. The molecule has 2 aromatic rings. The average molecular weight is 284 g/mol. The third kappa shape index (κ3) is 3.15. The van der Waals surface area contributed by atoms with Gasteiger partial charge in [-0.1, -0.05) is 0 Å². The normalized spacial score (nSPS) is 11.4. The fourth-order valence-electron chi connectivity index (χ4n) is 1.65. The largest absolute Gasteiger partial charge is 0.417 e. The second-order valence-electron chi connectivity index (χ2n) is 4.06. The number of anilines is 1. The van der Waals surface area contributed by atoms with Gasteiger partial charge < -0.3 is 9.99 Å². The zero-order valence-electron chi connectivity index (χ0n) is 10.2. The monoisotopic (exact) mass is 284 g/mol. The van der Waals surface area contributed by atoms with Crippen molar-refractivity contribution in [2.45, 2.75) is 12.7 Å². The first-order valence-electron chi connectivity index (χ1n) is 5.59. The molecule has 0 saturated heterocycles. The maximum atomic E-state index is 12.6. The Balaban J connectivity index is 2.35. The van der Waals surface area contributed by atoms with E-state index in [1.165, 1.54) is 6.20 Å². The van der Waals surface area contributed by atoms with Gasteiger partial charge in [0.25, 0.3) is 5.56 Å². The number of pyridine rings is 2. The Morgan fingerprint density at radius 1 is 1.30 bits per heavy atom. The number of aromatic nitrogens is 2. The molecule has 8 heteroatoms. The molecule has 0 spiro atoms. The number of nitrogens with zero attached hydrogens (tertiary/aromatic N) is 2. The number of halogens is 3. The highest BCUT2D eigenvalue weighted by Crippen LogP contribution is 2.28. The molecular formula is C12H11F3N4O. The number of nitrogens with one attached hydrogen (secondary N) is 1. The summed E-state index contributed by atoms with van der Waals surface area (Å²) < 4.78 is 38.7. The van der Waals surface area contributed by atoms with E-state index in [-0.39, 0.29) is 6.54 Å². The summed E-state index contributed by atoms with van der Waals surface area (Å²) in [6.45, 7) is -0.0712. The van der Waals surface area contributed by atoms with Gasteiger partial charge in [0.1, 0.15) is 0 Å². The molecule has 20 heavy (non-hydrogen) atoms. The van der Waals surface area contributed by atoms with Crippen LogP contribution in [0, 0.1) is 0 Å². The summed E-state index contributed by atoms with van der Waals surface area (Å²) in [5, 5.41) is 0. The first kappa shape index (κ1) is 14.1. The Bertz CT molecular complexity index is 666. The quantitative estimate of drug-likeness (QED) is 0.663. The summed E-state index contributed by atoms with van der Waals surface area (Å²) in [6, 6.07) is 4.78. The summed E-state index contributed by atoms with van der Waals surface area (Å²) in [6.07, 6.45) is -2.28. The number of rotatable bonds is 3. The predicted octanol–water partition coefficient (Wildman–Crippen LogP) is 1.60. The number of hydrogen-bond acceptors (Lipinski definition) is 4. The van der Waals surface area contributed by atoms with Gasteiger partial charge in [0.15, 0.2) is 0 Å². The van der Waals surface area contributed by atoms with Crippen LogP contribution in [0.1, 0.15) is 11.3 Å². The van der Waals surface area contributed by atoms with Crippen molar-refractivity contribution >= 4 is 5.69 Å². The fourth-order valence-corrected chi connectivity index (χ4v) is 1.65. The maximum absolute atomic E-state index is 12.6. The summed E-state index contributed by atoms with van der Waals surface area (Å²) in [4.78, 5) is 15.6. The Kier molecular flexibility index (Phi) is 3.75. The van der Waals surface area contributed by atoms with Crippen LogP contribution in [-0.2, 0) is 12.7 Å². The molecule has 2 aromatic heterocycles. The van der Waals surface area contributed by atoms with E-state index < -0.39 is 17.3 Å². The number of nitrogen functional groups attached to an aromatic ring is 1. The zero-order valence-corrected chi connectivity index (χ0v) is 10.2. The first-order chi connectivity index (χ1) is 9.40. The van der Waals surface area contributed by atoms with Gasteiger partial charge in [-0.05, 0) is 18.2 Å². The third-order valence-electron chi connectivity index (χ3n) is 2.63. The number of nitrogens with two attached hydrogens (primary N) is 1. The Morgan fingerprint density at radius 3 is 2.70 bits per heavy atom. The van der Waals surface area contributed by atoms with Crippen molar-refractivity contribution in [2.75, 3.05) is 5.43 Å². The highest BCUT2D eigenvalue weighted by molar-refractivity contribution is 5.41. The molecule has 0 aliphatic carbocycles. The summed E-state index contributed by atoms with van der Waals surface area (Å²) in [5.74, 6) is 5.23. The number of hydrazine groups is 1. The van der Waals surface area contributed by atoms with Crippen molar-refractivity contribution in [2.24, 2.45) is 5.84 Å². The molecule has 0 unspecified atom stereocenters. The van der Waals surface area contributed by atoms with E-state index in [9.17, 15) is 18.0 Å². The van der Waals surface area contributed by atoms with Gasteiger partial charge >= 0.3 is 6.18 Å². The highest BCUT2D eigenvalue weighted by atomic mass is 19.4. The Labute approximate surface area is 111 Å². The molecule has 0 amide bonds. The van der Waals surface area contributed by atoms with Gasteiger partial charge in [0.2, 0.25) is 0 Å². The fraction of sp³-hybridized carbons (Fsp3) is 0.167. The standard InChI is InChI=1S/C12H11F3N4O/c13-12(14,15)8-1-2-11(20)19(6-8)7-10-5-9(18-16)3-4-17-10/h1-6H,7,16H2,(H,17,18). The molecule has 106 valence electrons. The molecule has 0 bridgehead atoms. The van der Waals surface area contributed by atoms with Crippen molar-refractivity contribution in [1.29, 1.82) is 0 Å². The van der Waals surface area contributed by atoms with Crippen LogP contribution >= 0.6 is 0 Å². The van der Waals surface area contributed by atoms with Gasteiger partial charge in [-0.25, -0.2) is 0 Å². The molecule has 0 aromatic carbocycles. The second kappa shape index (κ2) is 5.33. The van der Waals surface area contributed by atoms with Crippen molar-refractivity contribution in [3.8, 4) is 0 Å². The first-order valence-corrected chi connectivity index (χ1v) is 5.59. The van der Waals surface area contributed by atoms with Crippen molar-refractivity contribution in [1.82, 2.24) is 9.55 Å². The number of alkyl halides is 3. The summed E-state index contributed by atoms with van der Waals surface area (Å²) >= 11 is 0. The lowest BCUT2D eigenvalue weighted by molar-refractivity contribution is -0.138. The molecule has 0 aliphatic rings. The third-order valence-corrected chi connectivity index (χ3v) is 2.63. The van der Waals surface area contributed by atoms with E-state index in [2.05, 4.69) is 10.4 Å². The average Bonchev–Trinajstić information content (AvgIpc) is 2.40. The molecule has 3 N–H and O–H groups in total. The summed E-state index contributed by atoms with van der Waals surface area (Å²) in [5.41, 5.74) is 1.95. The van der Waals surface area contributed by atoms with Gasteiger partial charge in [-0.3, -0.25) is 15.6 Å². The molecule has 2 heterocycles. The molecule has 0 radical (unpaired) electrons. The predicted molar refractivity (Wildman–Crippen MR) is 66.9 cm³/mol. The molecule has 0 saturated carbocycles.